The van der Waals surface area contributed by atoms with Gasteiger partial charge in [-0.3, -0.25) is 0 Å². The second kappa shape index (κ2) is 5.87. The van der Waals surface area contributed by atoms with Crippen LogP contribution in [0.4, 0.5) is 5.69 Å². The van der Waals surface area contributed by atoms with Crippen molar-refractivity contribution in [2.75, 3.05) is 5.32 Å². The van der Waals surface area contributed by atoms with Crippen molar-refractivity contribution in [3.05, 3.63) is 64.7 Å². The average molecular weight is 346 g/mol. The molecule has 3 heteroatoms. The number of para-hydroxylation sites is 1. The Morgan fingerprint density at radius 2 is 1.88 bits per heavy atom. The van der Waals surface area contributed by atoms with Crippen molar-refractivity contribution in [2.45, 2.75) is 44.6 Å². The minimum absolute atomic E-state index is 0.189. The van der Waals surface area contributed by atoms with Crippen LogP contribution in [0.25, 0.3) is 0 Å². The summed E-state index contributed by atoms with van der Waals surface area (Å²) in [4.78, 5) is 11.7. The summed E-state index contributed by atoms with van der Waals surface area (Å²) in [6, 6.07) is 14.7. The highest BCUT2D eigenvalue weighted by atomic mass is 16.4. The second-order valence-electron chi connectivity index (χ2n) is 8.21. The fourth-order valence-electron chi connectivity index (χ4n) is 5.97. The van der Waals surface area contributed by atoms with E-state index in [0.717, 1.165) is 18.0 Å². The first-order valence-corrected chi connectivity index (χ1v) is 9.87. The van der Waals surface area contributed by atoms with Crippen molar-refractivity contribution < 1.29 is 9.90 Å². The number of fused-ring (bicyclic) bond motifs is 7. The quantitative estimate of drug-likeness (QED) is 0.917. The largest absolute Gasteiger partial charge is 0.545 e. The van der Waals surface area contributed by atoms with Gasteiger partial charge < -0.3 is 15.2 Å². The van der Waals surface area contributed by atoms with Crippen LogP contribution in [0.5, 0.6) is 0 Å². The molecular formula is C23H24NO2-. The Bertz CT molecular complexity index is 857. The lowest BCUT2D eigenvalue weighted by Gasteiger charge is -2.44. The molecule has 0 spiro atoms. The van der Waals surface area contributed by atoms with Crippen LogP contribution < -0.4 is 10.4 Å². The number of carboxylic acid groups (broad SMARTS) is 1. The van der Waals surface area contributed by atoms with Crippen LogP contribution in [-0.4, -0.2) is 5.97 Å². The van der Waals surface area contributed by atoms with Gasteiger partial charge in [0.05, 0.1) is 12.0 Å². The van der Waals surface area contributed by atoms with Crippen LogP contribution >= 0.6 is 0 Å². The molecule has 0 amide bonds. The number of carbonyl (C=O) groups is 1. The van der Waals surface area contributed by atoms with E-state index in [1.165, 1.54) is 36.0 Å². The third-order valence-corrected chi connectivity index (χ3v) is 7.09. The minimum atomic E-state index is -1.09. The topological polar surface area (TPSA) is 52.2 Å². The minimum Gasteiger partial charge on any atom is -0.545 e. The Labute approximate surface area is 154 Å². The Hall–Kier alpha value is -2.29. The third-order valence-electron chi connectivity index (χ3n) is 7.09. The molecule has 134 valence electrons. The van der Waals surface area contributed by atoms with Crippen LogP contribution in [0.3, 0.4) is 0 Å². The summed E-state index contributed by atoms with van der Waals surface area (Å²) < 4.78 is 0. The molecule has 3 nitrogen and oxygen atoms in total. The lowest BCUT2D eigenvalue weighted by atomic mass is 9.67. The summed E-state index contributed by atoms with van der Waals surface area (Å²) >= 11 is 0. The molecule has 2 aromatic carbocycles. The first-order chi connectivity index (χ1) is 12.7. The fourth-order valence-corrected chi connectivity index (χ4v) is 5.97. The van der Waals surface area contributed by atoms with Crippen molar-refractivity contribution in [1.29, 1.82) is 0 Å². The van der Waals surface area contributed by atoms with E-state index in [9.17, 15) is 9.90 Å². The standard InChI is InChI=1S/C23H25NO2/c1-2-13-6-8-14(9-7-13)21-20-16-11-10-15(12-16)19(20)17-4-3-5-18(23(25)26)22(17)24-21/h3-9,15-16,19-21,24H,2,10-12H2,1H3,(H,25,26)/p-1/t15-,16+,19+,20+,21-/m0/s1. The smallest absolute Gasteiger partial charge is 0.0736 e. The molecule has 1 N–H and O–H groups in total. The number of anilines is 1. The van der Waals surface area contributed by atoms with Crippen LogP contribution in [-0.2, 0) is 6.42 Å². The molecule has 1 aliphatic heterocycles. The predicted molar refractivity (Wildman–Crippen MR) is 100 cm³/mol. The summed E-state index contributed by atoms with van der Waals surface area (Å²) in [6.07, 6.45) is 4.91. The molecule has 2 fully saturated rings. The van der Waals surface area contributed by atoms with E-state index >= 15 is 0 Å². The number of rotatable bonds is 3. The number of hydrogen-bond acceptors (Lipinski definition) is 3. The van der Waals surface area contributed by atoms with E-state index in [1.54, 1.807) is 6.07 Å². The van der Waals surface area contributed by atoms with E-state index in [2.05, 4.69) is 42.6 Å². The van der Waals surface area contributed by atoms with E-state index < -0.39 is 5.97 Å². The van der Waals surface area contributed by atoms with Gasteiger partial charge in [-0.2, -0.15) is 0 Å². The monoisotopic (exact) mass is 346 g/mol. The number of nitrogens with one attached hydrogen (secondary N) is 1. The molecular weight excluding hydrogens is 322 g/mol. The van der Waals surface area contributed by atoms with Gasteiger partial charge in [0.25, 0.3) is 0 Å². The zero-order valence-corrected chi connectivity index (χ0v) is 15.1. The molecule has 1 heterocycles. The molecule has 3 aliphatic rings. The summed E-state index contributed by atoms with van der Waals surface area (Å²) in [5, 5.41) is 15.3. The Morgan fingerprint density at radius 3 is 2.62 bits per heavy atom. The predicted octanol–water partition coefficient (Wildman–Crippen LogP) is 3.91. The number of aromatic carboxylic acids is 1. The molecule has 0 aromatic heterocycles. The third kappa shape index (κ3) is 2.22. The summed E-state index contributed by atoms with van der Waals surface area (Å²) in [7, 11) is 0. The van der Waals surface area contributed by atoms with Crippen LogP contribution in [0, 0.1) is 17.8 Å². The van der Waals surface area contributed by atoms with E-state index in [4.69, 9.17) is 0 Å². The van der Waals surface area contributed by atoms with Crippen molar-refractivity contribution in [3.63, 3.8) is 0 Å². The van der Waals surface area contributed by atoms with Gasteiger partial charge in [-0.05, 0) is 66.0 Å². The molecule has 5 rings (SSSR count). The molecule has 2 saturated carbocycles. The van der Waals surface area contributed by atoms with Gasteiger partial charge in [-0.1, -0.05) is 49.4 Å². The number of hydrogen-bond donors (Lipinski definition) is 1. The van der Waals surface area contributed by atoms with Gasteiger partial charge in [-0.15, -0.1) is 0 Å². The highest BCUT2D eigenvalue weighted by Crippen LogP contribution is 2.63. The molecule has 0 radical (unpaired) electrons. The first-order valence-electron chi connectivity index (χ1n) is 9.87. The Kier molecular flexibility index (Phi) is 3.59. The maximum Gasteiger partial charge on any atom is 0.0736 e. The number of carboxylic acids is 1. The Balaban J connectivity index is 1.64. The van der Waals surface area contributed by atoms with Crippen molar-refractivity contribution in [3.8, 4) is 0 Å². The summed E-state index contributed by atoms with van der Waals surface area (Å²) in [6.45, 7) is 2.17. The zero-order chi connectivity index (χ0) is 17.8. The average Bonchev–Trinajstić information content (AvgIpc) is 3.29. The normalized spacial score (nSPS) is 31.2. The molecule has 2 aliphatic carbocycles. The summed E-state index contributed by atoms with van der Waals surface area (Å²) in [5.74, 6) is 1.38. The van der Waals surface area contributed by atoms with Gasteiger partial charge in [0.15, 0.2) is 0 Å². The van der Waals surface area contributed by atoms with Crippen LogP contribution in [0.1, 0.15) is 65.2 Å². The molecule has 2 bridgehead atoms. The van der Waals surface area contributed by atoms with Gasteiger partial charge in [0, 0.05) is 11.3 Å². The lowest BCUT2D eigenvalue weighted by Crippen LogP contribution is -2.37. The molecule has 2 aromatic rings. The second-order valence-corrected chi connectivity index (χ2v) is 8.21. The number of carbonyl (C=O) groups excluding carboxylic acids is 1. The van der Waals surface area contributed by atoms with E-state index in [0.29, 0.717) is 23.3 Å². The molecule has 26 heavy (non-hydrogen) atoms. The van der Waals surface area contributed by atoms with Gasteiger partial charge in [0.1, 0.15) is 0 Å². The van der Waals surface area contributed by atoms with E-state index in [-0.39, 0.29) is 6.04 Å². The summed E-state index contributed by atoms with van der Waals surface area (Å²) in [5.41, 5.74) is 4.92. The highest BCUT2D eigenvalue weighted by Gasteiger charge is 2.54. The zero-order valence-electron chi connectivity index (χ0n) is 15.1. The molecule has 0 saturated heterocycles. The van der Waals surface area contributed by atoms with Gasteiger partial charge in [0.2, 0.25) is 0 Å². The number of benzene rings is 2. The molecule has 5 atom stereocenters. The highest BCUT2D eigenvalue weighted by molar-refractivity contribution is 5.94. The van der Waals surface area contributed by atoms with Crippen molar-refractivity contribution in [2.24, 2.45) is 17.8 Å². The van der Waals surface area contributed by atoms with Crippen LogP contribution in [0.2, 0.25) is 0 Å². The SMILES string of the molecule is CCc1ccc([C@@H]2Nc3c(C(=O)[O-])cccc3[C@H]3[C@H]4CC[C@H](C4)[C@H]32)cc1. The van der Waals surface area contributed by atoms with Gasteiger partial charge >= 0.3 is 0 Å². The lowest BCUT2D eigenvalue weighted by molar-refractivity contribution is -0.254. The van der Waals surface area contributed by atoms with E-state index in [1.807, 2.05) is 6.07 Å². The molecule has 0 unspecified atom stereocenters. The number of aryl methyl sites for hydroxylation is 1. The van der Waals surface area contributed by atoms with Crippen molar-refractivity contribution >= 4 is 11.7 Å². The van der Waals surface area contributed by atoms with Gasteiger partial charge in [-0.25, -0.2) is 0 Å². The van der Waals surface area contributed by atoms with Crippen molar-refractivity contribution in [1.82, 2.24) is 0 Å². The maximum atomic E-state index is 11.7. The Morgan fingerprint density at radius 1 is 1.12 bits per heavy atom. The first kappa shape index (κ1) is 15.9. The maximum absolute atomic E-state index is 11.7. The fraction of sp³-hybridized carbons (Fsp3) is 0.435. The van der Waals surface area contributed by atoms with Crippen LogP contribution in [0.15, 0.2) is 42.5 Å².